The summed E-state index contributed by atoms with van der Waals surface area (Å²) in [7, 11) is 3.81. The molecule has 2 aromatic heterocycles. The van der Waals surface area contributed by atoms with Crippen molar-refractivity contribution in [1.82, 2.24) is 0 Å². The maximum absolute atomic E-state index is 10.1. The van der Waals surface area contributed by atoms with Gasteiger partial charge in [0.15, 0.2) is 24.8 Å². The minimum atomic E-state index is -0.918. The lowest BCUT2D eigenvalue weighted by atomic mass is 10.00. The summed E-state index contributed by atoms with van der Waals surface area (Å²) in [6.07, 6.45) is 5.54. The molecule has 0 saturated heterocycles. The predicted octanol–water partition coefficient (Wildman–Crippen LogP) is -5.89. The summed E-state index contributed by atoms with van der Waals surface area (Å²) < 4.78 is 3.76. The molecule has 0 spiro atoms. The van der Waals surface area contributed by atoms with Crippen LogP contribution in [0.15, 0.2) is 49.1 Å². The summed E-state index contributed by atoms with van der Waals surface area (Å²) in [4.78, 5) is 0. The third-order valence-electron chi connectivity index (χ3n) is 2.99. The SMILES string of the molecule is C[n+]1ccc(C(O)C(O)c2cc[n+](C)cc2)cc1.[I-].[I-]. The molecule has 0 amide bonds. The van der Waals surface area contributed by atoms with E-state index in [9.17, 15) is 10.2 Å². The smallest absolute Gasteiger partial charge is 0.168 e. The zero-order valence-corrected chi connectivity index (χ0v) is 15.6. The van der Waals surface area contributed by atoms with Crippen LogP contribution in [0.2, 0.25) is 0 Å². The largest absolute Gasteiger partial charge is 1.00 e. The molecule has 2 unspecified atom stereocenters. The van der Waals surface area contributed by atoms with Crippen LogP contribution >= 0.6 is 0 Å². The molecule has 0 radical (unpaired) electrons. The van der Waals surface area contributed by atoms with Crippen LogP contribution in [-0.2, 0) is 14.1 Å². The van der Waals surface area contributed by atoms with Gasteiger partial charge in [0.05, 0.1) is 0 Å². The molecule has 0 aliphatic carbocycles. The van der Waals surface area contributed by atoms with E-state index in [2.05, 4.69) is 0 Å². The summed E-state index contributed by atoms with van der Waals surface area (Å²) in [6, 6.07) is 7.21. The van der Waals surface area contributed by atoms with Crippen molar-refractivity contribution in [2.75, 3.05) is 0 Å². The quantitative estimate of drug-likeness (QED) is 0.326. The van der Waals surface area contributed by atoms with Crippen LogP contribution in [0.5, 0.6) is 0 Å². The summed E-state index contributed by atoms with van der Waals surface area (Å²) in [5.74, 6) is 0. The fourth-order valence-electron chi connectivity index (χ4n) is 1.78. The molecule has 0 aliphatic rings. The first-order valence-corrected chi connectivity index (χ1v) is 5.84. The maximum Gasteiger partial charge on any atom is 0.168 e. The van der Waals surface area contributed by atoms with Crippen molar-refractivity contribution >= 4 is 0 Å². The van der Waals surface area contributed by atoms with Crippen molar-refractivity contribution in [2.24, 2.45) is 14.1 Å². The Morgan fingerprint density at radius 1 is 0.700 bits per heavy atom. The molecule has 0 aromatic carbocycles. The zero-order chi connectivity index (χ0) is 13.1. The number of halogens is 2. The van der Waals surface area contributed by atoms with Gasteiger partial charge < -0.3 is 58.2 Å². The predicted molar refractivity (Wildman–Crippen MR) is 65.2 cm³/mol. The molecule has 2 aromatic rings. The van der Waals surface area contributed by atoms with Crippen LogP contribution in [0, 0.1) is 0 Å². The van der Waals surface area contributed by atoms with Crippen LogP contribution in [0.1, 0.15) is 23.3 Å². The van der Waals surface area contributed by atoms with Gasteiger partial charge in [-0.05, 0) is 11.1 Å². The molecule has 110 valence electrons. The standard InChI is InChI=1S/C14H18N2O2.2HI/c1-15-7-3-11(4-8-15)13(17)14(18)12-5-9-16(2)10-6-12;;/h3-10,13-14,17-18H,1-2H3;2*1H/q+2;;/p-2. The summed E-state index contributed by atoms with van der Waals surface area (Å²) >= 11 is 0. The van der Waals surface area contributed by atoms with E-state index in [0.717, 1.165) is 0 Å². The topological polar surface area (TPSA) is 48.2 Å². The number of hydrogen-bond donors (Lipinski definition) is 2. The Morgan fingerprint density at radius 3 is 1.20 bits per heavy atom. The molecule has 0 bridgehead atoms. The third kappa shape index (κ3) is 4.90. The van der Waals surface area contributed by atoms with Gasteiger partial charge in [0.2, 0.25) is 0 Å². The molecule has 4 nitrogen and oxygen atoms in total. The lowest BCUT2D eigenvalue weighted by molar-refractivity contribution is -0.671. The monoisotopic (exact) mass is 500 g/mol. The van der Waals surface area contributed by atoms with Gasteiger partial charge >= 0.3 is 0 Å². The Labute approximate surface area is 153 Å². The number of aliphatic hydroxyl groups is 2. The average molecular weight is 500 g/mol. The van der Waals surface area contributed by atoms with E-state index < -0.39 is 12.2 Å². The Bertz CT molecular complexity index is 468. The molecule has 20 heavy (non-hydrogen) atoms. The Morgan fingerprint density at radius 2 is 0.950 bits per heavy atom. The van der Waals surface area contributed by atoms with Crippen LogP contribution in [0.25, 0.3) is 0 Å². The van der Waals surface area contributed by atoms with Gasteiger partial charge in [-0.15, -0.1) is 0 Å². The van der Waals surface area contributed by atoms with Gasteiger partial charge in [-0.1, -0.05) is 0 Å². The van der Waals surface area contributed by atoms with Crippen molar-refractivity contribution in [2.45, 2.75) is 12.2 Å². The highest BCUT2D eigenvalue weighted by Crippen LogP contribution is 2.27. The molecule has 0 fully saturated rings. The molecule has 2 N–H and O–H groups in total. The lowest BCUT2D eigenvalue weighted by Crippen LogP contribution is -3.00. The molecule has 0 saturated carbocycles. The lowest BCUT2D eigenvalue weighted by Gasteiger charge is -2.17. The summed E-state index contributed by atoms with van der Waals surface area (Å²) in [5, 5.41) is 20.3. The minimum Gasteiger partial charge on any atom is -1.00 e. The van der Waals surface area contributed by atoms with E-state index in [4.69, 9.17) is 0 Å². The first-order chi connectivity index (χ1) is 8.58. The Balaban J connectivity index is 0.00000180. The van der Waals surface area contributed by atoms with E-state index >= 15 is 0 Å². The molecule has 2 atom stereocenters. The molecule has 6 heteroatoms. The van der Waals surface area contributed by atoms with E-state index in [1.54, 1.807) is 24.3 Å². The van der Waals surface area contributed by atoms with Gasteiger partial charge in [-0.3, -0.25) is 0 Å². The fourth-order valence-corrected chi connectivity index (χ4v) is 1.78. The normalized spacial score (nSPS) is 12.8. The average Bonchev–Trinajstić information content (AvgIpc) is 2.39. The van der Waals surface area contributed by atoms with E-state index in [1.165, 1.54) is 0 Å². The van der Waals surface area contributed by atoms with Crippen LogP contribution in [0.3, 0.4) is 0 Å². The highest BCUT2D eigenvalue weighted by Gasteiger charge is 2.21. The summed E-state index contributed by atoms with van der Waals surface area (Å²) in [6.45, 7) is 0. The second-order valence-electron chi connectivity index (χ2n) is 4.48. The van der Waals surface area contributed by atoms with Gasteiger partial charge in [0.25, 0.3) is 0 Å². The molecule has 2 rings (SSSR count). The first kappa shape index (κ1) is 19.7. The fraction of sp³-hybridized carbons (Fsp3) is 0.286. The van der Waals surface area contributed by atoms with Crippen molar-refractivity contribution < 1.29 is 67.3 Å². The number of nitrogens with zero attached hydrogens (tertiary/aromatic N) is 2. The van der Waals surface area contributed by atoms with Crippen LogP contribution < -0.4 is 57.1 Å². The maximum atomic E-state index is 10.1. The number of rotatable bonds is 3. The summed E-state index contributed by atoms with van der Waals surface area (Å²) in [5.41, 5.74) is 1.41. The van der Waals surface area contributed by atoms with Crippen LogP contribution in [0.4, 0.5) is 0 Å². The van der Waals surface area contributed by atoms with E-state index in [1.807, 2.05) is 48.0 Å². The second kappa shape index (κ2) is 8.85. The van der Waals surface area contributed by atoms with E-state index in [0.29, 0.717) is 11.1 Å². The third-order valence-corrected chi connectivity index (χ3v) is 2.99. The molecular formula is C14H18I2N2O2. The number of pyridine rings is 2. The van der Waals surface area contributed by atoms with Crippen molar-refractivity contribution in [3.8, 4) is 0 Å². The number of aliphatic hydroxyl groups excluding tert-OH is 2. The Hall–Kier alpha value is -0.320. The van der Waals surface area contributed by atoms with Gasteiger partial charge in [0, 0.05) is 24.3 Å². The zero-order valence-electron chi connectivity index (χ0n) is 11.3. The van der Waals surface area contributed by atoms with Crippen molar-refractivity contribution in [3.63, 3.8) is 0 Å². The van der Waals surface area contributed by atoms with Crippen LogP contribution in [-0.4, -0.2) is 10.2 Å². The first-order valence-electron chi connectivity index (χ1n) is 5.84. The van der Waals surface area contributed by atoms with Crippen molar-refractivity contribution in [1.29, 1.82) is 0 Å². The number of hydrogen-bond acceptors (Lipinski definition) is 2. The molecular weight excluding hydrogens is 482 g/mol. The van der Waals surface area contributed by atoms with Crippen molar-refractivity contribution in [3.05, 3.63) is 60.2 Å². The second-order valence-corrected chi connectivity index (χ2v) is 4.48. The van der Waals surface area contributed by atoms with Gasteiger partial charge in [0.1, 0.15) is 26.3 Å². The highest BCUT2D eigenvalue weighted by atomic mass is 127. The molecule has 2 heterocycles. The minimum absolute atomic E-state index is 0. The van der Waals surface area contributed by atoms with Gasteiger partial charge in [-0.25, -0.2) is 9.13 Å². The van der Waals surface area contributed by atoms with Gasteiger partial charge in [-0.2, -0.15) is 0 Å². The Kier molecular flexibility index (Phi) is 8.71. The number of aryl methyl sites for hydroxylation is 2. The molecule has 0 aliphatic heterocycles. The highest BCUT2D eigenvalue weighted by molar-refractivity contribution is 5.19. The van der Waals surface area contributed by atoms with E-state index in [-0.39, 0.29) is 48.0 Å². The number of aromatic nitrogens is 2.